The largest absolute Gasteiger partial charge is 0.207 e. The molecule has 0 aliphatic rings. The van der Waals surface area contributed by atoms with Gasteiger partial charge in [0.25, 0.3) is 0 Å². The minimum Gasteiger partial charge on any atom is -0.207 e. The molecule has 0 aliphatic carbocycles. The minimum atomic E-state index is -0.389. The molecule has 1 rings (SSSR count). The normalized spacial score (nSPS) is 12.9. The fourth-order valence-corrected chi connectivity index (χ4v) is 2.38. The highest BCUT2D eigenvalue weighted by Crippen LogP contribution is 2.25. The monoisotopic (exact) mass is 280 g/mol. The van der Waals surface area contributed by atoms with Crippen LogP contribution in [0, 0.1) is 17.6 Å². The van der Waals surface area contributed by atoms with Crippen LogP contribution in [0.4, 0.5) is 8.78 Å². The third-order valence-corrected chi connectivity index (χ3v) is 4.14. The van der Waals surface area contributed by atoms with Crippen LogP contribution in [0.3, 0.4) is 0 Å². The molecule has 0 heterocycles. The second-order valence-corrected chi connectivity index (χ2v) is 4.85. The Morgan fingerprint density at radius 3 is 2.79 bits per heavy atom. The Balaban J connectivity index is 2.62. The van der Waals surface area contributed by atoms with E-state index < -0.39 is 0 Å². The lowest BCUT2D eigenvalue weighted by Gasteiger charge is -2.07. The van der Waals surface area contributed by atoms with Crippen LogP contribution >= 0.6 is 27.7 Å². The van der Waals surface area contributed by atoms with Crippen LogP contribution in [0.2, 0.25) is 0 Å². The minimum absolute atomic E-state index is 0.349. The Morgan fingerprint density at radius 1 is 1.43 bits per heavy atom. The van der Waals surface area contributed by atoms with Gasteiger partial charge in [0.1, 0.15) is 11.6 Å². The third-order valence-electron chi connectivity index (χ3n) is 1.68. The van der Waals surface area contributed by atoms with Crippen molar-refractivity contribution in [3.63, 3.8) is 0 Å². The maximum Gasteiger partial charge on any atom is 0.136 e. The van der Waals surface area contributed by atoms with Crippen LogP contribution in [-0.2, 0) is 0 Å². The summed E-state index contributed by atoms with van der Waals surface area (Å²) in [6.45, 7) is 2.05. The summed E-state index contributed by atoms with van der Waals surface area (Å²) in [7, 11) is 0. The summed E-state index contributed by atoms with van der Waals surface area (Å²) in [5.74, 6) is 0.493. The number of halogens is 3. The van der Waals surface area contributed by atoms with Crippen LogP contribution in [0.5, 0.6) is 0 Å². The molecule has 0 amide bonds. The van der Waals surface area contributed by atoms with Crippen molar-refractivity contribution in [1.29, 1.82) is 0 Å². The van der Waals surface area contributed by atoms with Crippen LogP contribution in [0.15, 0.2) is 23.1 Å². The van der Waals surface area contributed by atoms with Crippen LogP contribution in [0.25, 0.3) is 0 Å². The molecule has 0 fully saturated rings. The van der Waals surface area contributed by atoms with Gasteiger partial charge in [-0.05, 0) is 24.1 Å². The number of hydrogen-bond acceptors (Lipinski definition) is 1. The second kappa shape index (κ2) is 5.71. The molecule has 1 atom stereocenters. The molecule has 0 saturated heterocycles. The lowest BCUT2D eigenvalue weighted by molar-refractivity contribution is 0.577. The predicted molar refractivity (Wildman–Crippen MR) is 60.0 cm³/mol. The van der Waals surface area contributed by atoms with Crippen LogP contribution in [-0.4, -0.2) is 11.1 Å². The average Bonchev–Trinajstić information content (AvgIpc) is 2.19. The van der Waals surface area contributed by atoms with E-state index in [0.717, 1.165) is 23.2 Å². The van der Waals surface area contributed by atoms with E-state index >= 15 is 0 Å². The molecule has 0 aromatic heterocycles. The maximum atomic E-state index is 13.1. The topological polar surface area (TPSA) is 0 Å². The van der Waals surface area contributed by atoms with Crippen LogP contribution < -0.4 is 0 Å². The third kappa shape index (κ3) is 3.58. The van der Waals surface area contributed by atoms with E-state index in [1.54, 1.807) is 0 Å². The highest BCUT2D eigenvalue weighted by Gasteiger charge is 2.06. The summed E-state index contributed by atoms with van der Waals surface area (Å²) in [5.41, 5.74) is 0. The molecular weight excluding hydrogens is 270 g/mol. The molecule has 0 aliphatic heterocycles. The Labute approximate surface area is 95.2 Å². The quantitative estimate of drug-likeness (QED) is 0.591. The molecule has 0 radical (unpaired) electrons. The highest BCUT2D eigenvalue weighted by atomic mass is 79.9. The van der Waals surface area contributed by atoms with Crippen molar-refractivity contribution < 1.29 is 8.78 Å². The van der Waals surface area contributed by atoms with E-state index in [4.69, 9.17) is 0 Å². The van der Waals surface area contributed by atoms with Gasteiger partial charge in [0.05, 0.1) is 0 Å². The molecule has 1 aromatic rings. The Bertz CT molecular complexity index is 304. The SMILES string of the molecule is CC(CBr)CSc1cc(F)ccc1F. The first-order chi connectivity index (χ1) is 6.63. The number of rotatable bonds is 4. The summed E-state index contributed by atoms with van der Waals surface area (Å²) in [6, 6.07) is 3.53. The number of benzene rings is 1. The molecule has 14 heavy (non-hydrogen) atoms. The molecule has 1 unspecified atom stereocenters. The second-order valence-electron chi connectivity index (χ2n) is 3.15. The van der Waals surface area contributed by atoms with Crippen molar-refractivity contribution in [1.82, 2.24) is 0 Å². The van der Waals surface area contributed by atoms with Gasteiger partial charge in [-0.3, -0.25) is 0 Å². The van der Waals surface area contributed by atoms with Crippen molar-refractivity contribution in [3.8, 4) is 0 Å². The fourth-order valence-electron chi connectivity index (χ4n) is 0.864. The number of thioether (sulfide) groups is 1. The summed E-state index contributed by atoms with van der Waals surface area (Å²) in [5, 5.41) is 0.872. The highest BCUT2D eigenvalue weighted by molar-refractivity contribution is 9.09. The molecule has 78 valence electrons. The Morgan fingerprint density at radius 2 is 2.14 bits per heavy atom. The summed E-state index contributed by atoms with van der Waals surface area (Å²) in [6.07, 6.45) is 0. The van der Waals surface area contributed by atoms with Crippen LogP contribution in [0.1, 0.15) is 6.92 Å². The Hall–Kier alpha value is -0.0900. The summed E-state index contributed by atoms with van der Waals surface area (Å²) < 4.78 is 25.9. The van der Waals surface area contributed by atoms with E-state index in [0.29, 0.717) is 10.8 Å². The van der Waals surface area contributed by atoms with Gasteiger partial charge in [-0.1, -0.05) is 22.9 Å². The maximum absolute atomic E-state index is 13.1. The lowest BCUT2D eigenvalue weighted by atomic mass is 10.3. The predicted octanol–water partition coefficient (Wildman–Crippen LogP) is 4.09. The number of alkyl halides is 1. The van der Waals surface area contributed by atoms with E-state index in [1.807, 2.05) is 0 Å². The molecule has 0 N–H and O–H groups in total. The molecule has 0 spiro atoms. The zero-order valence-electron chi connectivity index (χ0n) is 7.77. The molecule has 1 aromatic carbocycles. The van der Waals surface area contributed by atoms with Gasteiger partial charge in [-0.15, -0.1) is 11.8 Å². The van der Waals surface area contributed by atoms with E-state index in [2.05, 4.69) is 22.9 Å². The van der Waals surface area contributed by atoms with Crippen molar-refractivity contribution >= 4 is 27.7 Å². The van der Waals surface area contributed by atoms with E-state index in [1.165, 1.54) is 17.8 Å². The van der Waals surface area contributed by atoms with E-state index in [9.17, 15) is 8.78 Å². The van der Waals surface area contributed by atoms with Crippen molar-refractivity contribution in [2.45, 2.75) is 11.8 Å². The van der Waals surface area contributed by atoms with Gasteiger partial charge >= 0.3 is 0 Å². The molecule has 0 saturated carbocycles. The molecule has 4 heteroatoms. The fraction of sp³-hybridized carbons (Fsp3) is 0.400. The van der Waals surface area contributed by atoms with Gasteiger partial charge in [-0.25, -0.2) is 8.78 Å². The molecular formula is C10H11BrF2S. The van der Waals surface area contributed by atoms with Gasteiger partial charge in [0, 0.05) is 16.0 Å². The zero-order chi connectivity index (χ0) is 10.6. The van der Waals surface area contributed by atoms with Gasteiger partial charge in [-0.2, -0.15) is 0 Å². The van der Waals surface area contributed by atoms with Crippen molar-refractivity contribution in [2.75, 3.05) is 11.1 Å². The zero-order valence-corrected chi connectivity index (χ0v) is 10.2. The first kappa shape index (κ1) is 12.0. The number of hydrogen-bond donors (Lipinski definition) is 0. The Kier molecular flexibility index (Phi) is 4.89. The van der Waals surface area contributed by atoms with Gasteiger partial charge in [0.2, 0.25) is 0 Å². The van der Waals surface area contributed by atoms with Crippen molar-refractivity contribution in [2.24, 2.45) is 5.92 Å². The van der Waals surface area contributed by atoms with E-state index in [-0.39, 0.29) is 11.6 Å². The van der Waals surface area contributed by atoms with Crippen molar-refractivity contribution in [3.05, 3.63) is 29.8 Å². The standard InChI is InChI=1S/C10H11BrF2S/c1-7(5-11)6-14-10-4-8(12)2-3-9(10)13/h2-4,7H,5-6H2,1H3. The molecule has 0 bridgehead atoms. The average molecular weight is 281 g/mol. The lowest BCUT2D eigenvalue weighted by Crippen LogP contribution is -1.99. The van der Waals surface area contributed by atoms with Gasteiger partial charge < -0.3 is 0 Å². The van der Waals surface area contributed by atoms with Gasteiger partial charge in [0.15, 0.2) is 0 Å². The smallest absolute Gasteiger partial charge is 0.136 e. The summed E-state index contributed by atoms with van der Waals surface area (Å²) in [4.78, 5) is 0.387. The first-order valence-corrected chi connectivity index (χ1v) is 6.38. The molecule has 0 nitrogen and oxygen atoms in total. The first-order valence-electron chi connectivity index (χ1n) is 4.27. The summed E-state index contributed by atoms with van der Waals surface area (Å²) >= 11 is 4.69.